The fourth-order valence-corrected chi connectivity index (χ4v) is 6.54. The van der Waals surface area contributed by atoms with Crippen molar-refractivity contribution in [3.05, 3.63) is 29.3 Å². The number of fused-ring (bicyclic) bond motifs is 1. The number of hydrogen-bond donors (Lipinski definition) is 1. The summed E-state index contributed by atoms with van der Waals surface area (Å²) in [6.07, 6.45) is 5.27. The molecular weight excluding hydrogens is 522 g/mol. The minimum atomic E-state index is -0.844. The van der Waals surface area contributed by atoms with Crippen molar-refractivity contribution in [2.75, 3.05) is 80.1 Å². The van der Waals surface area contributed by atoms with E-state index in [9.17, 15) is 19.5 Å². The van der Waals surface area contributed by atoms with Crippen molar-refractivity contribution in [1.29, 1.82) is 0 Å². The van der Waals surface area contributed by atoms with E-state index in [1.165, 1.54) is 0 Å². The monoisotopic (exact) mass is 571 g/mol. The van der Waals surface area contributed by atoms with Crippen LogP contribution < -0.4 is 4.74 Å². The number of urea groups is 1. The smallest absolute Gasteiger partial charge is 0.319 e. The zero-order chi connectivity index (χ0) is 29.5. The van der Waals surface area contributed by atoms with Gasteiger partial charge in [-0.05, 0) is 63.5 Å². The van der Waals surface area contributed by atoms with Gasteiger partial charge in [-0.3, -0.25) is 14.5 Å². The van der Waals surface area contributed by atoms with Crippen molar-refractivity contribution in [2.24, 2.45) is 5.92 Å². The lowest BCUT2D eigenvalue weighted by molar-refractivity contribution is -0.144. The summed E-state index contributed by atoms with van der Waals surface area (Å²) in [6.45, 7) is 7.71. The van der Waals surface area contributed by atoms with Gasteiger partial charge in [0.25, 0.3) is 0 Å². The Morgan fingerprint density at radius 2 is 1.85 bits per heavy atom. The van der Waals surface area contributed by atoms with Crippen LogP contribution in [0.4, 0.5) is 4.79 Å². The third-order valence-corrected chi connectivity index (χ3v) is 8.93. The van der Waals surface area contributed by atoms with Crippen molar-refractivity contribution in [1.82, 2.24) is 24.5 Å². The fraction of sp³-hybridized carbons (Fsp3) is 0.710. The van der Waals surface area contributed by atoms with Crippen LogP contribution >= 0.6 is 0 Å². The number of likely N-dealkylation sites (N-methyl/N-ethyl adjacent to an activating group) is 1. The average Bonchev–Trinajstić information content (AvgIpc) is 3.64. The molecule has 0 aliphatic carbocycles. The highest BCUT2D eigenvalue weighted by atomic mass is 16.5. The van der Waals surface area contributed by atoms with Gasteiger partial charge in [0.2, 0.25) is 5.91 Å². The summed E-state index contributed by atoms with van der Waals surface area (Å²) >= 11 is 0. The molecule has 10 heteroatoms. The molecule has 4 rings (SSSR count). The van der Waals surface area contributed by atoms with Crippen LogP contribution in [0.25, 0.3) is 0 Å². The molecule has 0 spiro atoms. The number of rotatable bonds is 15. The molecule has 0 aromatic heterocycles. The Balaban J connectivity index is 1.54. The van der Waals surface area contributed by atoms with E-state index in [4.69, 9.17) is 4.74 Å². The van der Waals surface area contributed by atoms with Gasteiger partial charge < -0.3 is 29.4 Å². The first-order valence-electron chi connectivity index (χ1n) is 15.3. The van der Waals surface area contributed by atoms with Gasteiger partial charge in [0.15, 0.2) is 0 Å². The highest BCUT2D eigenvalue weighted by molar-refractivity contribution is 5.79. The molecule has 0 bridgehead atoms. The minimum absolute atomic E-state index is 0.0175. The highest BCUT2D eigenvalue weighted by Gasteiger charge is 2.47. The van der Waals surface area contributed by atoms with Crippen LogP contribution in [0, 0.1) is 5.92 Å². The molecule has 10 nitrogen and oxygen atoms in total. The van der Waals surface area contributed by atoms with Gasteiger partial charge in [-0.25, -0.2) is 4.79 Å². The zero-order valence-corrected chi connectivity index (χ0v) is 25.4. The summed E-state index contributed by atoms with van der Waals surface area (Å²) in [5.74, 6) is -0.805. The molecule has 1 unspecified atom stereocenters. The molecule has 2 saturated heterocycles. The van der Waals surface area contributed by atoms with Crippen LogP contribution in [-0.4, -0.2) is 134 Å². The van der Waals surface area contributed by atoms with Gasteiger partial charge in [0.05, 0.1) is 19.1 Å². The lowest BCUT2D eigenvalue weighted by atomic mass is 9.83. The molecule has 0 saturated carbocycles. The first-order valence-corrected chi connectivity index (χ1v) is 15.3. The van der Waals surface area contributed by atoms with Crippen LogP contribution in [0.3, 0.4) is 0 Å². The normalized spacial score (nSPS) is 22.5. The molecule has 41 heavy (non-hydrogen) atoms. The second-order valence-corrected chi connectivity index (χ2v) is 12.2. The molecule has 3 aliphatic heterocycles. The van der Waals surface area contributed by atoms with E-state index in [1.807, 2.05) is 17.0 Å². The summed E-state index contributed by atoms with van der Waals surface area (Å²) < 4.78 is 5.69. The van der Waals surface area contributed by atoms with E-state index >= 15 is 0 Å². The molecular formula is C31H49N5O5. The quantitative estimate of drug-likeness (QED) is 0.324. The predicted molar refractivity (Wildman–Crippen MR) is 158 cm³/mol. The number of amides is 3. The lowest BCUT2D eigenvalue weighted by Crippen LogP contribution is -2.46. The van der Waals surface area contributed by atoms with E-state index in [-0.39, 0.29) is 30.4 Å². The number of aliphatic carboxylic acids is 1. The average molecular weight is 572 g/mol. The maximum atomic E-state index is 13.7. The van der Waals surface area contributed by atoms with Crippen molar-refractivity contribution in [3.63, 3.8) is 0 Å². The number of carboxylic acid groups (broad SMARTS) is 1. The van der Waals surface area contributed by atoms with E-state index in [2.05, 4.69) is 36.9 Å². The molecule has 228 valence electrons. The van der Waals surface area contributed by atoms with Gasteiger partial charge in [0, 0.05) is 64.7 Å². The van der Waals surface area contributed by atoms with E-state index in [0.29, 0.717) is 39.2 Å². The maximum Gasteiger partial charge on any atom is 0.319 e. The third kappa shape index (κ3) is 7.71. The standard InChI is InChI=1S/C31H49N5O5/c1-5-6-14-34(15-8-7-13-32(2)3)28(37)22-36-21-25(23-9-10-27-24(20-23)12-19-41-27)29(30(38)39)26(36)11-16-35-18-17-33(4)31(35)40/h9-10,20,25-26,29H,5-8,11-19,21-22H2,1-4H3,(H,38,39)/t25-,26+,29?/m1/s1. The SMILES string of the molecule is CCCCN(CCCCN(C)C)C(=O)CN1C[C@H](c2ccc3c(c2)CCO3)C(C(=O)O)[C@@H]1CCN1CCN(C)C1=O. The Hall–Kier alpha value is -2.85. The second kappa shape index (κ2) is 14.4. The number of carbonyl (C=O) groups excluding carboxylic acids is 2. The summed E-state index contributed by atoms with van der Waals surface area (Å²) in [6, 6.07) is 5.69. The van der Waals surface area contributed by atoms with Gasteiger partial charge >= 0.3 is 12.0 Å². The number of hydrogen-bond acceptors (Lipinski definition) is 6. The minimum Gasteiger partial charge on any atom is -0.493 e. The first kappa shape index (κ1) is 31.1. The fourth-order valence-electron chi connectivity index (χ4n) is 6.54. The van der Waals surface area contributed by atoms with Gasteiger partial charge in [0.1, 0.15) is 5.75 Å². The van der Waals surface area contributed by atoms with Crippen molar-refractivity contribution < 1.29 is 24.2 Å². The predicted octanol–water partition coefficient (Wildman–Crippen LogP) is 2.82. The number of unbranched alkanes of at least 4 members (excludes halogenated alkanes) is 2. The Morgan fingerprint density at radius 1 is 1.10 bits per heavy atom. The molecule has 3 amide bonds. The van der Waals surface area contributed by atoms with Crippen LogP contribution in [0.2, 0.25) is 0 Å². The Kier molecular flexibility index (Phi) is 10.9. The number of ether oxygens (including phenoxy) is 1. The summed E-state index contributed by atoms with van der Waals surface area (Å²) in [7, 11) is 5.91. The van der Waals surface area contributed by atoms with E-state index in [0.717, 1.165) is 68.6 Å². The van der Waals surface area contributed by atoms with Crippen molar-refractivity contribution >= 4 is 17.9 Å². The van der Waals surface area contributed by atoms with Crippen molar-refractivity contribution in [3.8, 4) is 5.75 Å². The summed E-state index contributed by atoms with van der Waals surface area (Å²) in [4.78, 5) is 48.9. The lowest BCUT2D eigenvalue weighted by Gasteiger charge is -2.30. The van der Waals surface area contributed by atoms with Gasteiger partial charge in [-0.15, -0.1) is 0 Å². The van der Waals surface area contributed by atoms with Crippen LogP contribution in [-0.2, 0) is 16.0 Å². The van der Waals surface area contributed by atoms with Crippen LogP contribution in [0.5, 0.6) is 5.75 Å². The van der Waals surface area contributed by atoms with E-state index < -0.39 is 11.9 Å². The Morgan fingerprint density at radius 3 is 2.54 bits per heavy atom. The number of benzene rings is 1. The molecule has 0 radical (unpaired) electrons. The van der Waals surface area contributed by atoms with Gasteiger partial charge in [-0.1, -0.05) is 25.5 Å². The second-order valence-electron chi connectivity index (χ2n) is 12.2. The molecule has 1 aromatic carbocycles. The highest BCUT2D eigenvalue weighted by Crippen LogP contribution is 2.41. The largest absolute Gasteiger partial charge is 0.493 e. The first-order chi connectivity index (χ1) is 19.7. The van der Waals surface area contributed by atoms with Crippen molar-refractivity contribution in [2.45, 2.75) is 57.4 Å². The number of carbonyl (C=O) groups is 3. The number of carboxylic acids is 1. The van der Waals surface area contributed by atoms with Gasteiger partial charge in [-0.2, -0.15) is 0 Å². The molecule has 3 heterocycles. The third-order valence-electron chi connectivity index (χ3n) is 8.93. The zero-order valence-electron chi connectivity index (χ0n) is 25.4. The van der Waals surface area contributed by atoms with E-state index in [1.54, 1.807) is 16.8 Å². The molecule has 1 aromatic rings. The molecule has 1 N–H and O–H groups in total. The molecule has 3 atom stereocenters. The number of likely N-dealkylation sites (tertiary alicyclic amines) is 1. The van der Waals surface area contributed by atoms with Crippen LogP contribution in [0.1, 0.15) is 56.1 Å². The maximum absolute atomic E-state index is 13.7. The topological polar surface area (TPSA) is 96.9 Å². The Labute approximate surface area is 245 Å². The summed E-state index contributed by atoms with van der Waals surface area (Å²) in [5.41, 5.74) is 2.11. The Bertz CT molecular complexity index is 1070. The number of nitrogens with zero attached hydrogens (tertiary/aromatic N) is 5. The molecule has 2 fully saturated rings. The van der Waals surface area contributed by atoms with Crippen LogP contribution in [0.15, 0.2) is 18.2 Å². The summed E-state index contributed by atoms with van der Waals surface area (Å²) in [5, 5.41) is 10.5. The molecule has 3 aliphatic rings.